The van der Waals surface area contributed by atoms with Crippen LogP contribution in [-0.4, -0.2) is 43.5 Å². The number of benzene rings is 3. The van der Waals surface area contributed by atoms with Gasteiger partial charge in [0.2, 0.25) is 5.91 Å². The zero-order valence-electron chi connectivity index (χ0n) is 16.5. The smallest absolute Gasteiger partial charge is 0.245 e. The molecule has 2 heterocycles. The highest BCUT2D eigenvalue weighted by Gasteiger charge is 2.30. The third kappa shape index (κ3) is 3.81. The van der Waals surface area contributed by atoms with Crippen molar-refractivity contribution < 1.29 is 4.79 Å². The average Bonchev–Trinajstić information content (AvgIpc) is 2.78. The molecule has 0 bridgehead atoms. The number of hydrogen-bond donors (Lipinski definition) is 0. The number of halogens is 1. The van der Waals surface area contributed by atoms with E-state index >= 15 is 0 Å². The Morgan fingerprint density at radius 3 is 2.33 bits per heavy atom. The summed E-state index contributed by atoms with van der Waals surface area (Å²) in [4.78, 5) is 22.1. The lowest BCUT2D eigenvalue weighted by Gasteiger charge is -2.37. The molecule has 0 N–H and O–H groups in total. The Hall–Kier alpha value is -2.47. The maximum atomic E-state index is 13.5. The highest BCUT2D eigenvalue weighted by atomic mass is 35.5. The molecule has 0 spiro atoms. The number of fused-ring (bicyclic) bond motifs is 2. The molecular formula is C24H22ClN3OS. The van der Waals surface area contributed by atoms with Crippen molar-refractivity contribution in [1.29, 1.82) is 0 Å². The highest BCUT2D eigenvalue weighted by Crippen LogP contribution is 2.48. The van der Waals surface area contributed by atoms with Gasteiger partial charge in [-0.2, -0.15) is 0 Å². The Morgan fingerprint density at radius 1 is 0.833 bits per heavy atom. The van der Waals surface area contributed by atoms with Crippen LogP contribution >= 0.6 is 23.4 Å². The molecule has 0 atom stereocenters. The van der Waals surface area contributed by atoms with Gasteiger partial charge in [-0.25, -0.2) is 0 Å². The van der Waals surface area contributed by atoms with Crippen LogP contribution in [0.3, 0.4) is 0 Å². The molecule has 1 fully saturated rings. The first-order valence-electron chi connectivity index (χ1n) is 10.1. The zero-order valence-corrected chi connectivity index (χ0v) is 18.1. The SMILES string of the molecule is O=C(CN1CCN(c2ccccc2)CC1)N1c2ccccc2Sc2ccc(Cl)cc21. The van der Waals surface area contributed by atoms with Crippen molar-refractivity contribution in [2.75, 3.05) is 42.5 Å². The second-order valence-corrected chi connectivity index (χ2v) is 9.03. The fraction of sp³-hybridized carbons (Fsp3) is 0.208. The minimum Gasteiger partial charge on any atom is -0.369 e. The predicted molar refractivity (Wildman–Crippen MR) is 124 cm³/mol. The molecule has 6 heteroatoms. The number of hydrogen-bond acceptors (Lipinski definition) is 4. The number of para-hydroxylation sites is 2. The largest absolute Gasteiger partial charge is 0.369 e. The fourth-order valence-electron chi connectivity index (χ4n) is 4.06. The lowest BCUT2D eigenvalue weighted by molar-refractivity contribution is -0.119. The highest BCUT2D eigenvalue weighted by molar-refractivity contribution is 7.99. The lowest BCUT2D eigenvalue weighted by atomic mass is 10.2. The van der Waals surface area contributed by atoms with Gasteiger partial charge in [-0.15, -0.1) is 0 Å². The lowest BCUT2D eigenvalue weighted by Crippen LogP contribution is -2.49. The molecule has 0 aliphatic carbocycles. The van der Waals surface area contributed by atoms with Crippen molar-refractivity contribution >= 4 is 46.3 Å². The summed E-state index contributed by atoms with van der Waals surface area (Å²) in [7, 11) is 0. The van der Waals surface area contributed by atoms with Gasteiger partial charge in [-0.3, -0.25) is 14.6 Å². The van der Waals surface area contributed by atoms with E-state index in [2.05, 4.69) is 40.1 Å². The van der Waals surface area contributed by atoms with Gasteiger partial charge in [0.15, 0.2) is 0 Å². The van der Waals surface area contributed by atoms with Crippen LogP contribution in [0.2, 0.25) is 5.02 Å². The number of rotatable bonds is 3. The minimum absolute atomic E-state index is 0.0828. The summed E-state index contributed by atoms with van der Waals surface area (Å²) in [5.74, 6) is 0.0828. The summed E-state index contributed by atoms with van der Waals surface area (Å²) in [5, 5.41) is 0.642. The van der Waals surface area contributed by atoms with Gasteiger partial charge in [0.25, 0.3) is 0 Å². The molecule has 0 unspecified atom stereocenters. The number of anilines is 3. The molecule has 3 aromatic carbocycles. The van der Waals surface area contributed by atoms with E-state index in [0.29, 0.717) is 11.6 Å². The summed E-state index contributed by atoms with van der Waals surface area (Å²) in [6.07, 6.45) is 0. The van der Waals surface area contributed by atoms with E-state index in [-0.39, 0.29) is 5.91 Å². The normalized spacial score (nSPS) is 16.2. The molecule has 1 saturated heterocycles. The third-order valence-corrected chi connectivity index (χ3v) is 6.96. The predicted octanol–water partition coefficient (Wildman–Crippen LogP) is 5.29. The van der Waals surface area contributed by atoms with E-state index in [9.17, 15) is 4.79 Å². The molecule has 4 nitrogen and oxygen atoms in total. The molecule has 0 aromatic heterocycles. The maximum Gasteiger partial charge on any atom is 0.245 e. The van der Waals surface area contributed by atoms with Gasteiger partial charge in [0.1, 0.15) is 0 Å². The Bertz CT molecular complexity index is 1070. The number of amides is 1. The molecule has 5 rings (SSSR count). The van der Waals surface area contributed by atoms with Crippen LogP contribution in [0.15, 0.2) is 82.6 Å². The second-order valence-electron chi connectivity index (χ2n) is 7.51. The van der Waals surface area contributed by atoms with Gasteiger partial charge in [0.05, 0.1) is 17.9 Å². The topological polar surface area (TPSA) is 26.8 Å². The summed E-state index contributed by atoms with van der Waals surface area (Å²) in [6.45, 7) is 3.98. The van der Waals surface area contributed by atoms with Crippen molar-refractivity contribution in [2.45, 2.75) is 9.79 Å². The van der Waals surface area contributed by atoms with Crippen LogP contribution in [0.4, 0.5) is 17.1 Å². The molecule has 152 valence electrons. The van der Waals surface area contributed by atoms with E-state index in [0.717, 1.165) is 47.3 Å². The average molecular weight is 436 g/mol. The van der Waals surface area contributed by atoms with Crippen molar-refractivity contribution in [3.63, 3.8) is 0 Å². The Balaban J connectivity index is 1.34. The van der Waals surface area contributed by atoms with Crippen LogP contribution in [0.5, 0.6) is 0 Å². The van der Waals surface area contributed by atoms with Gasteiger partial charge < -0.3 is 4.90 Å². The summed E-state index contributed by atoms with van der Waals surface area (Å²) < 4.78 is 0. The van der Waals surface area contributed by atoms with Gasteiger partial charge in [-0.1, -0.05) is 53.7 Å². The van der Waals surface area contributed by atoms with Gasteiger partial charge in [0, 0.05) is 46.7 Å². The molecular weight excluding hydrogens is 414 g/mol. The maximum absolute atomic E-state index is 13.5. The molecule has 2 aliphatic rings. The standard InChI is InChI=1S/C24H22ClN3OS/c25-18-10-11-23-21(16-18)28(20-8-4-5-9-22(20)30-23)24(29)17-26-12-14-27(15-13-26)19-6-2-1-3-7-19/h1-11,16H,12-15,17H2. The van der Waals surface area contributed by atoms with Crippen molar-refractivity contribution in [1.82, 2.24) is 4.90 Å². The molecule has 1 amide bonds. The van der Waals surface area contributed by atoms with E-state index in [4.69, 9.17) is 11.6 Å². The van der Waals surface area contributed by atoms with E-state index in [1.807, 2.05) is 47.4 Å². The van der Waals surface area contributed by atoms with Crippen LogP contribution in [-0.2, 0) is 4.79 Å². The summed E-state index contributed by atoms with van der Waals surface area (Å²) in [5.41, 5.74) is 3.05. The van der Waals surface area contributed by atoms with E-state index in [1.54, 1.807) is 11.8 Å². The number of nitrogens with zero attached hydrogens (tertiary/aromatic N) is 3. The molecule has 0 saturated carbocycles. The first kappa shape index (κ1) is 19.5. The fourth-order valence-corrected chi connectivity index (χ4v) is 5.27. The van der Waals surface area contributed by atoms with E-state index in [1.165, 1.54) is 5.69 Å². The monoisotopic (exact) mass is 435 g/mol. The van der Waals surface area contributed by atoms with Crippen molar-refractivity contribution in [3.05, 3.63) is 77.8 Å². The molecule has 30 heavy (non-hydrogen) atoms. The summed E-state index contributed by atoms with van der Waals surface area (Å²) in [6, 6.07) is 24.3. The van der Waals surface area contributed by atoms with Crippen LogP contribution in [0.1, 0.15) is 0 Å². The third-order valence-electron chi connectivity index (χ3n) is 5.59. The molecule has 0 radical (unpaired) electrons. The zero-order chi connectivity index (χ0) is 20.5. The first-order chi connectivity index (χ1) is 14.7. The quantitative estimate of drug-likeness (QED) is 0.558. The second kappa shape index (κ2) is 8.34. The van der Waals surface area contributed by atoms with Crippen molar-refractivity contribution in [3.8, 4) is 0 Å². The first-order valence-corrected chi connectivity index (χ1v) is 11.3. The number of carbonyl (C=O) groups excluding carboxylic acids is 1. The molecule has 2 aliphatic heterocycles. The van der Waals surface area contributed by atoms with Crippen LogP contribution in [0, 0.1) is 0 Å². The Kier molecular flexibility index (Phi) is 5.42. The van der Waals surface area contributed by atoms with Gasteiger partial charge in [-0.05, 0) is 42.5 Å². The Morgan fingerprint density at radius 2 is 1.53 bits per heavy atom. The van der Waals surface area contributed by atoms with Crippen LogP contribution in [0.25, 0.3) is 0 Å². The minimum atomic E-state index is 0.0828. The van der Waals surface area contributed by atoms with E-state index < -0.39 is 0 Å². The van der Waals surface area contributed by atoms with Crippen LogP contribution < -0.4 is 9.80 Å². The van der Waals surface area contributed by atoms with Gasteiger partial charge >= 0.3 is 0 Å². The Labute approximate surface area is 186 Å². The number of carbonyl (C=O) groups is 1. The molecule has 3 aromatic rings. The summed E-state index contributed by atoms with van der Waals surface area (Å²) >= 11 is 7.96. The van der Waals surface area contributed by atoms with Crippen molar-refractivity contribution in [2.24, 2.45) is 0 Å². The number of piperazine rings is 1.